The van der Waals surface area contributed by atoms with Gasteiger partial charge < -0.3 is 4.90 Å². The predicted molar refractivity (Wildman–Crippen MR) is 70.4 cm³/mol. The number of allylic oxidation sites excluding steroid dienone is 2. The SMILES string of the molecule is CCN(CC)C(=O)CCC=CCCC(C)C. The highest BCUT2D eigenvalue weighted by atomic mass is 16.2. The first-order valence-electron chi connectivity index (χ1n) is 6.54. The third kappa shape index (κ3) is 7.49. The number of rotatable bonds is 8. The average Bonchev–Trinajstić information content (AvgIpc) is 2.24. The van der Waals surface area contributed by atoms with Crippen molar-refractivity contribution < 1.29 is 4.79 Å². The molecule has 0 N–H and O–H groups in total. The average molecular weight is 225 g/mol. The largest absolute Gasteiger partial charge is 0.343 e. The number of hydrogen-bond acceptors (Lipinski definition) is 1. The monoisotopic (exact) mass is 225 g/mol. The summed E-state index contributed by atoms with van der Waals surface area (Å²) < 4.78 is 0. The molecule has 0 unspecified atom stereocenters. The van der Waals surface area contributed by atoms with Gasteiger partial charge in [-0.3, -0.25) is 4.79 Å². The Hall–Kier alpha value is -0.790. The first kappa shape index (κ1) is 15.2. The maximum Gasteiger partial charge on any atom is 0.222 e. The van der Waals surface area contributed by atoms with Crippen molar-refractivity contribution in [2.75, 3.05) is 13.1 Å². The number of carbonyl (C=O) groups excluding carboxylic acids is 1. The number of nitrogens with zero attached hydrogens (tertiary/aromatic N) is 1. The van der Waals surface area contributed by atoms with Crippen molar-refractivity contribution in [1.82, 2.24) is 4.90 Å². The standard InChI is InChI=1S/C14H27NO/c1-5-15(6-2)14(16)12-10-8-7-9-11-13(3)4/h7-8,13H,5-6,9-12H2,1-4H3. The summed E-state index contributed by atoms with van der Waals surface area (Å²) in [7, 11) is 0. The summed E-state index contributed by atoms with van der Waals surface area (Å²) in [6.45, 7) is 10.2. The molecule has 0 rings (SSSR count). The van der Waals surface area contributed by atoms with Crippen LogP contribution in [0.4, 0.5) is 0 Å². The lowest BCUT2D eigenvalue weighted by molar-refractivity contribution is -0.130. The molecular weight excluding hydrogens is 198 g/mol. The van der Waals surface area contributed by atoms with E-state index in [0.29, 0.717) is 6.42 Å². The first-order valence-corrected chi connectivity index (χ1v) is 6.54. The van der Waals surface area contributed by atoms with Gasteiger partial charge >= 0.3 is 0 Å². The third-order valence-corrected chi connectivity index (χ3v) is 2.72. The molecule has 0 atom stereocenters. The molecule has 0 saturated heterocycles. The van der Waals surface area contributed by atoms with Crippen molar-refractivity contribution in [3.63, 3.8) is 0 Å². The highest BCUT2D eigenvalue weighted by molar-refractivity contribution is 5.76. The van der Waals surface area contributed by atoms with Gasteiger partial charge in [-0.1, -0.05) is 26.0 Å². The van der Waals surface area contributed by atoms with E-state index >= 15 is 0 Å². The van der Waals surface area contributed by atoms with Gasteiger partial charge in [0.1, 0.15) is 0 Å². The highest BCUT2D eigenvalue weighted by Crippen LogP contribution is 2.05. The van der Waals surface area contributed by atoms with Crippen molar-refractivity contribution in [1.29, 1.82) is 0 Å². The molecule has 16 heavy (non-hydrogen) atoms. The van der Waals surface area contributed by atoms with Crippen LogP contribution in [0.15, 0.2) is 12.2 Å². The Morgan fingerprint density at radius 3 is 2.19 bits per heavy atom. The van der Waals surface area contributed by atoms with Gasteiger partial charge in [0.15, 0.2) is 0 Å². The van der Waals surface area contributed by atoms with Crippen molar-refractivity contribution in [2.24, 2.45) is 5.92 Å². The van der Waals surface area contributed by atoms with Gasteiger partial charge in [-0.2, -0.15) is 0 Å². The molecule has 0 spiro atoms. The van der Waals surface area contributed by atoms with E-state index in [1.54, 1.807) is 0 Å². The van der Waals surface area contributed by atoms with Gasteiger partial charge in [0, 0.05) is 19.5 Å². The second-order valence-electron chi connectivity index (χ2n) is 4.55. The second kappa shape index (κ2) is 9.44. The Labute approximate surface area is 101 Å². The molecule has 0 heterocycles. The first-order chi connectivity index (χ1) is 7.61. The predicted octanol–water partition coefficient (Wildman–Crippen LogP) is 3.63. The van der Waals surface area contributed by atoms with Crippen LogP contribution in [-0.2, 0) is 4.79 Å². The van der Waals surface area contributed by atoms with Crippen LogP contribution in [0.25, 0.3) is 0 Å². The third-order valence-electron chi connectivity index (χ3n) is 2.72. The molecule has 2 nitrogen and oxygen atoms in total. The highest BCUT2D eigenvalue weighted by Gasteiger charge is 2.06. The lowest BCUT2D eigenvalue weighted by atomic mass is 10.1. The molecule has 0 aromatic heterocycles. The van der Waals surface area contributed by atoms with Crippen LogP contribution in [0.5, 0.6) is 0 Å². The van der Waals surface area contributed by atoms with Gasteiger partial charge in [-0.25, -0.2) is 0 Å². The molecule has 0 aliphatic rings. The lowest BCUT2D eigenvalue weighted by Crippen LogP contribution is -2.29. The molecule has 0 bridgehead atoms. The van der Waals surface area contributed by atoms with Crippen molar-refractivity contribution in [3.8, 4) is 0 Å². The van der Waals surface area contributed by atoms with Crippen LogP contribution in [0.1, 0.15) is 53.4 Å². The minimum absolute atomic E-state index is 0.276. The Morgan fingerprint density at radius 2 is 1.69 bits per heavy atom. The Kier molecular flexibility index (Phi) is 8.97. The molecule has 0 saturated carbocycles. The molecule has 0 fully saturated rings. The summed E-state index contributed by atoms with van der Waals surface area (Å²) in [5.41, 5.74) is 0. The van der Waals surface area contributed by atoms with Gasteiger partial charge in [0.2, 0.25) is 5.91 Å². The Balaban J connectivity index is 3.61. The zero-order valence-corrected chi connectivity index (χ0v) is 11.3. The van der Waals surface area contributed by atoms with E-state index in [2.05, 4.69) is 26.0 Å². The summed E-state index contributed by atoms with van der Waals surface area (Å²) in [5, 5.41) is 0. The molecule has 0 aromatic rings. The molecule has 0 aliphatic carbocycles. The van der Waals surface area contributed by atoms with Crippen LogP contribution in [0, 0.1) is 5.92 Å². The molecule has 2 heteroatoms. The van der Waals surface area contributed by atoms with Gasteiger partial charge in [-0.15, -0.1) is 0 Å². The number of hydrogen-bond donors (Lipinski definition) is 0. The van der Waals surface area contributed by atoms with Crippen LogP contribution < -0.4 is 0 Å². The van der Waals surface area contributed by atoms with Crippen LogP contribution in [-0.4, -0.2) is 23.9 Å². The van der Waals surface area contributed by atoms with Crippen LogP contribution in [0.2, 0.25) is 0 Å². The molecule has 0 aliphatic heterocycles. The van der Waals surface area contributed by atoms with E-state index in [9.17, 15) is 4.79 Å². The van der Waals surface area contributed by atoms with Crippen LogP contribution in [0.3, 0.4) is 0 Å². The quantitative estimate of drug-likeness (QED) is 0.578. The minimum atomic E-state index is 0.276. The summed E-state index contributed by atoms with van der Waals surface area (Å²) in [5.74, 6) is 1.04. The smallest absolute Gasteiger partial charge is 0.222 e. The molecule has 1 amide bonds. The maximum atomic E-state index is 11.6. The zero-order chi connectivity index (χ0) is 12.4. The summed E-state index contributed by atoms with van der Waals surface area (Å²) in [4.78, 5) is 13.5. The van der Waals surface area contributed by atoms with Gasteiger partial charge in [0.25, 0.3) is 0 Å². The van der Waals surface area contributed by atoms with E-state index in [4.69, 9.17) is 0 Å². The normalized spacial score (nSPS) is 11.3. The van der Waals surface area contributed by atoms with Crippen molar-refractivity contribution in [3.05, 3.63) is 12.2 Å². The molecule has 94 valence electrons. The number of carbonyl (C=O) groups is 1. The molecular formula is C14H27NO. The van der Waals surface area contributed by atoms with Crippen LogP contribution >= 0.6 is 0 Å². The van der Waals surface area contributed by atoms with E-state index in [0.717, 1.165) is 31.8 Å². The molecule has 0 radical (unpaired) electrons. The van der Waals surface area contributed by atoms with Gasteiger partial charge in [-0.05, 0) is 39.0 Å². The number of amides is 1. The summed E-state index contributed by atoms with van der Waals surface area (Å²) >= 11 is 0. The second-order valence-corrected chi connectivity index (χ2v) is 4.55. The summed E-state index contributed by atoms with van der Waals surface area (Å²) in [6, 6.07) is 0. The van der Waals surface area contributed by atoms with Crippen molar-refractivity contribution >= 4 is 5.91 Å². The van der Waals surface area contributed by atoms with Gasteiger partial charge in [0.05, 0.1) is 0 Å². The fraction of sp³-hybridized carbons (Fsp3) is 0.786. The summed E-state index contributed by atoms with van der Waals surface area (Å²) in [6.07, 6.45) is 8.25. The van der Waals surface area contributed by atoms with E-state index in [-0.39, 0.29) is 5.91 Å². The topological polar surface area (TPSA) is 20.3 Å². The molecule has 0 aromatic carbocycles. The Morgan fingerprint density at radius 1 is 1.12 bits per heavy atom. The minimum Gasteiger partial charge on any atom is -0.343 e. The lowest BCUT2D eigenvalue weighted by Gasteiger charge is -2.17. The Bertz CT molecular complexity index is 205. The van der Waals surface area contributed by atoms with Crippen molar-refractivity contribution in [2.45, 2.75) is 53.4 Å². The van der Waals surface area contributed by atoms with E-state index in [1.807, 2.05) is 18.7 Å². The van der Waals surface area contributed by atoms with E-state index in [1.165, 1.54) is 6.42 Å². The van der Waals surface area contributed by atoms with E-state index < -0.39 is 0 Å². The maximum absolute atomic E-state index is 11.6. The fourth-order valence-corrected chi connectivity index (χ4v) is 1.61. The fourth-order valence-electron chi connectivity index (χ4n) is 1.61. The zero-order valence-electron chi connectivity index (χ0n) is 11.3.